The number of methoxy groups -OCH3 is 1. The normalized spacial score (nSPS) is 38.2. The van der Waals surface area contributed by atoms with Crippen LogP contribution >= 0.6 is 0 Å². The maximum absolute atomic E-state index is 12.2. The average molecular weight is 254 g/mol. The summed E-state index contributed by atoms with van der Waals surface area (Å²) < 4.78 is 14.9. The van der Waals surface area contributed by atoms with Crippen LogP contribution in [0, 0.1) is 23.2 Å². The number of cyclic esters (lactones) is 1. The van der Waals surface area contributed by atoms with Gasteiger partial charge in [0, 0.05) is 13.0 Å². The third-order valence-corrected chi connectivity index (χ3v) is 4.09. The number of esters is 2. The van der Waals surface area contributed by atoms with Crippen molar-refractivity contribution in [3.05, 3.63) is 12.2 Å². The molecule has 0 unspecified atom stereocenters. The van der Waals surface area contributed by atoms with Gasteiger partial charge in [0.1, 0.15) is 0 Å². The Labute approximate surface area is 106 Å². The Morgan fingerprint density at radius 3 is 2.94 bits per heavy atom. The first-order valence-electron chi connectivity index (χ1n) is 6.03. The molecule has 1 heterocycles. The largest absolute Gasteiger partial charge is 0.465 e. The molecule has 1 aliphatic carbocycles. The van der Waals surface area contributed by atoms with E-state index in [1.165, 1.54) is 7.11 Å². The summed E-state index contributed by atoms with van der Waals surface area (Å²) in [5.41, 5.74) is -0.883. The molecule has 0 saturated carbocycles. The Morgan fingerprint density at radius 2 is 2.28 bits per heavy atom. The second-order valence-corrected chi connectivity index (χ2v) is 5.07. The van der Waals surface area contributed by atoms with Gasteiger partial charge in [-0.15, -0.1) is 0 Å². The number of carbonyl (C=O) groups is 2. The van der Waals surface area contributed by atoms with E-state index in [4.69, 9.17) is 14.2 Å². The van der Waals surface area contributed by atoms with Gasteiger partial charge in [-0.05, 0) is 12.8 Å². The van der Waals surface area contributed by atoms with Crippen molar-refractivity contribution in [3.63, 3.8) is 0 Å². The summed E-state index contributed by atoms with van der Waals surface area (Å²) >= 11 is 0. The maximum atomic E-state index is 12.2. The van der Waals surface area contributed by atoms with E-state index in [1.54, 1.807) is 6.92 Å². The van der Waals surface area contributed by atoms with E-state index in [0.717, 1.165) is 0 Å². The summed E-state index contributed by atoms with van der Waals surface area (Å²) in [6.45, 7) is 3.92. The SMILES string of the molecule is COCOC(=O)[C@]1(C)[C@H](C)C=C[C@@H]2COC(=O)[C@@H]21. The molecule has 0 bridgehead atoms. The number of fused-ring (bicyclic) bond motifs is 1. The molecule has 0 radical (unpaired) electrons. The summed E-state index contributed by atoms with van der Waals surface area (Å²) in [6, 6.07) is 0. The molecular formula is C13H18O5. The molecule has 1 aliphatic heterocycles. The van der Waals surface area contributed by atoms with Crippen LogP contribution in [-0.4, -0.2) is 32.4 Å². The summed E-state index contributed by atoms with van der Waals surface area (Å²) in [4.78, 5) is 24.1. The van der Waals surface area contributed by atoms with Gasteiger partial charge in [0.25, 0.3) is 0 Å². The lowest BCUT2D eigenvalue weighted by Gasteiger charge is -2.39. The predicted octanol–water partition coefficient (Wildman–Crippen LogP) is 1.13. The third-order valence-electron chi connectivity index (χ3n) is 4.09. The summed E-state index contributed by atoms with van der Waals surface area (Å²) in [5.74, 6) is -1.28. The molecule has 4 atom stereocenters. The molecule has 100 valence electrons. The van der Waals surface area contributed by atoms with Crippen molar-refractivity contribution in [1.29, 1.82) is 0 Å². The first-order valence-corrected chi connectivity index (χ1v) is 6.03. The second-order valence-electron chi connectivity index (χ2n) is 5.07. The first-order chi connectivity index (χ1) is 8.51. The Bertz CT molecular complexity index is 389. The highest BCUT2D eigenvalue weighted by Crippen LogP contribution is 2.48. The van der Waals surface area contributed by atoms with Crippen LogP contribution in [-0.2, 0) is 23.8 Å². The number of ether oxygens (including phenoxy) is 3. The van der Waals surface area contributed by atoms with E-state index in [-0.39, 0.29) is 24.6 Å². The molecule has 0 spiro atoms. The van der Waals surface area contributed by atoms with Crippen molar-refractivity contribution in [1.82, 2.24) is 0 Å². The van der Waals surface area contributed by atoms with E-state index in [1.807, 2.05) is 19.1 Å². The monoisotopic (exact) mass is 254 g/mol. The molecule has 0 aromatic carbocycles. The third kappa shape index (κ3) is 1.82. The molecule has 0 amide bonds. The average Bonchev–Trinajstić information content (AvgIpc) is 2.73. The molecule has 2 rings (SSSR count). The topological polar surface area (TPSA) is 61.8 Å². The van der Waals surface area contributed by atoms with Crippen LogP contribution in [0.4, 0.5) is 0 Å². The summed E-state index contributed by atoms with van der Waals surface area (Å²) in [5, 5.41) is 0. The highest BCUT2D eigenvalue weighted by Gasteiger charge is 2.57. The van der Waals surface area contributed by atoms with Crippen LogP contribution in [0.15, 0.2) is 12.2 Å². The number of hydrogen-bond acceptors (Lipinski definition) is 5. The zero-order valence-electron chi connectivity index (χ0n) is 10.8. The highest BCUT2D eigenvalue weighted by atomic mass is 16.7. The zero-order chi connectivity index (χ0) is 13.3. The molecule has 5 heteroatoms. The Morgan fingerprint density at radius 1 is 1.56 bits per heavy atom. The second kappa shape index (κ2) is 4.72. The van der Waals surface area contributed by atoms with Gasteiger partial charge in [-0.2, -0.15) is 0 Å². The molecule has 2 aliphatic rings. The molecule has 0 N–H and O–H groups in total. The van der Waals surface area contributed by atoms with E-state index in [2.05, 4.69) is 0 Å². The van der Waals surface area contributed by atoms with E-state index < -0.39 is 17.3 Å². The van der Waals surface area contributed by atoms with Gasteiger partial charge in [0.05, 0.1) is 17.9 Å². The molecule has 18 heavy (non-hydrogen) atoms. The highest BCUT2D eigenvalue weighted by molar-refractivity contribution is 5.87. The van der Waals surface area contributed by atoms with Crippen LogP contribution in [0.1, 0.15) is 13.8 Å². The molecule has 0 aromatic heterocycles. The number of allylic oxidation sites excluding steroid dienone is 1. The Kier molecular flexibility index (Phi) is 3.43. The van der Waals surface area contributed by atoms with Gasteiger partial charge >= 0.3 is 11.9 Å². The lowest BCUT2D eigenvalue weighted by atomic mass is 9.61. The lowest BCUT2D eigenvalue weighted by Crippen LogP contribution is -2.48. The van der Waals surface area contributed by atoms with Crippen molar-refractivity contribution in [2.24, 2.45) is 23.2 Å². The number of rotatable bonds is 3. The quantitative estimate of drug-likeness (QED) is 0.429. The standard InChI is InChI=1S/C13H18O5/c1-8-4-5-9-6-17-11(14)10(9)13(8,2)12(15)18-7-16-3/h4-5,8-10H,6-7H2,1-3H3/t8-,9-,10-,13-/m1/s1. The smallest absolute Gasteiger partial charge is 0.315 e. The van der Waals surface area contributed by atoms with Crippen LogP contribution in [0.3, 0.4) is 0 Å². The predicted molar refractivity (Wildman–Crippen MR) is 62.3 cm³/mol. The van der Waals surface area contributed by atoms with Crippen molar-refractivity contribution in [2.75, 3.05) is 20.5 Å². The van der Waals surface area contributed by atoms with Crippen LogP contribution in [0.2, 0.25) is 0 Å². The zero-order valence-corrected chi connectivity index (χ0v) is 10.8. The first kappa shape index (κ1) is 13.1. The van der Waals surface area contributed by atoms with Gasteiger partial charge in [0.2, 0.25) is 0 Å². The van der Waals surface area contributed by atoms with Crippen molar-refractivity contribution in [3.8, 4) is 0 Å². The minimum Gasteiger partial charge on any atom is -0.465 e. The van der Waals surface area contributed by atoms with Crippen molar-refractivity contribution in [2.45, 2.75) is 13.8 Å². The Hall–Kier alpha value is -1.36. The lowest BCUT2D eigenvalue weighted by molar-refractivity contribution is -0.176. The van der Waals surface area contributed by atoms with Gasteiger partial charge in [-0.1, -0.05) is 19.1 Å². The fraction of sp³-hybridized carbons (Fsp3) is 0.692. The number of hydrogen-bond donors (Lipinski definition) is 0. The Balaban J connectivity index is 2.29. The van der Waals surface area contributed by atoms with Crippen molar-refractivity contribution < 1.29 is 23.8 Å². The minimum absolute atomic E-state index is 0.0335. The van der Waals surface area contributed by atoms with Crippen molar-refractivity contribution >= 4 is 11.9 Å². The minimum atomic E-state index is -0.883. The fourth-order valence-electron chi connectivity index (χ4n) is 2.77. The molecule has 1 fully saturated rings. The van der Waals surface area contributed by atoms with E-state index in [0.29, 0.717) is 6.61 Å². The van der Waals surface area contributed by atoms with E-state index in [9.17, 15) is 9.59 Å². The molecule has 0 aromatic rings. The van der Waals surface area contributed by atoms with Gasteiger partial charge < -0.3 is 14.2 Å². The summed E-state index contributed by atoms with van der Waals surface area (Å²) in [7, 11) is 1.45. The van der Waals surface area contributed by atoms with Gasteiger partial charge in [-0.3, -0.25) is 9.59 Å². The van der Waals surface area contributed by atoms with Gasteiger partial charge in [-0.25, -0.2) is 0 Å². The molecule has 1 saturated heterocycles. The molecular weight excluding hydrogens is 236 g/mol. The maximum Gasteiger partial charge on any atom is 0.315 e. The van der Waals surface area contributed by atoms with Gasteiger partial charge in [0.15, 0.2) is 6.79 Å². The van der Waals surface area contributed by atoms with Crippen LogP contribution in [0.25, 0.3) is 0 Å². The molecule has 5 nitrogen and oxygen atoms in total. The van der Waals surface area contributed by atoms with E-state index >= 15 is 0 Å². The van der Waals surface area contributed by atoms with Crippen LogP contribution in [0.5, 0.6) is 0 Å². The number of carbonyl (C=O) groups excluding carboxylic acids is 2. The summed E-state index contributed by atoms with van der Waals surface area (Å²) in [6.07, 6.45) is 3.92. The fourth-order valence-corrected chi connectivity index (χ4v) is 2.77. The van der Waals surface area contributed by atoms with Crippen LogP contribution < -0.4 is 0 Å².